The zero-order valence-corrected chi connectivity index (χ0v) is 9.87. The van der Waals surface area contributed by atoms with E-state index in [9.17, 15) is 13.2 Å². The summed E-state index contributed by atoms with van der Waals surface area (Å²) in [6, 6.07) is 2.90. The number of nitrogens with two attached hydrogens (primary N) is 1. The van der Waals surface area contributed by atoms with Gasteiger partial charge in [-0.3, -0.25) is 0 Å². The van der Waals surface area contributed by atoms with E-state index in [4.69, 9.17) is 10.5 Å². The molecule has 1 saturated carbocycles. The molecule has 0 unspecified atom stereocenters. The lowest BCUT2D eigenvalue weighted by Crippen LogP contribution is -2.36. The normalized spacial score (nSPS) is 15.6. The summed E-state index contributed by atoms with van der Waals surface area (Å²) in [4.78, 5) is 5.27. The molecule has 7 heteroatoms. The van der Waals surface area contributed by atoms with Crippen LogP contribution in [0.15, 0.2) is 12.1 Å². The number of halogens is 3. The van der Waals surface area contributed by atoms with Crippen LogP contribution in [0.4, 0.5) is 24.7 Å². The van der Waals surface area contributed by atoms with Crippen molar-refractivity contribution in [3.8, 4) is 5.88 Å². The van der Waals surface area contributed by atoms with Crippen LogP contribution in [0.2, 0.25) is 0 Å². The maximum atomic E-state index is 12.5. The van der Waals surface area contributed by atoms with Crippen LogP contribution in [0.1, 0.15) is 12.8 Å². The molecule has 4 nitrogen and oxygen atoms in total. The second-order valence-electron chi connectivity index (χ2n) is 4.24. The number of aromatic nitrogens is 1. The molecule has 1 aromatic heterocycles. The van der Waals surface area contributed by atoms with Crippen molar-refractivity contribution in [1.29, 1.82) is 0 Å². The molecule has 0 aromatic carbocycles. The van der Waals surface area contributed by atoms with E-state index in [-0.39, 0.29) is 17.7 Å². The number of hydrogen-bond acceptors (Lipinski definition) is 4. The highest BCUT2D eigenvalue weighted by Gasteiger charge is 2.38. The minimum atomic E-state index is -4.25. The molecule has 1 aromatic rings. The summed E-state index contributed by atoms with van der Waals surface area (Å²) >= 11 is 0. The third kappa shape index (κ3) is 2.96. The predicted molar refractivity (Wildman–Crippen MR) is 61.6 cm³/mol. The van der Waals surface area contributed by atoms with Gasteiger partial charge in [-0.2, -0.15) is 18.2 Å². The topological polar surface area (TPSA) is 51.4 Å². The number of nitrogen functional groups attached to an aromatic ring is 1. The first kappa shape index (κ1) is 12.8. The van der Waals surface area contributed by atoms with Gasteiger partial charge in [0.05, 0.1) is 12.8 Å². The van der Waals surface area contributed by atoms with Crippen molar-refractivity contribution in [3.05, 3.63) is 12.1 Å². The zero-order valence-electron chi connectivity index (χ0n) is 9.87. The van der Waals surface area contributed by atoms with Crippen molar-refractivity contribution in [2.75, 3.05) is 24.3 Å². The fraction of sp³-hybridized carbons (Fsp3) is 0.545. The number of anilines is 2. The Morgan fingerprint density at radius 3 is 2.61 bits per heavy atom. The summed E-state index contributed by atoms with van der Waals surface area (Å²) in [5.41, 5.74) is 5.90. The second-order valence-corrected chi connectivity index (χ2v) is 4.24. The SMILES string of the molecule is COc1nc(N(CC(F)(F)F)C2CC2)ccc1N. The highest BCUT2D eigenvalue weighted by Crippen LogP contribution is 2.35. The third-order valence-electron chi connectivity index (χ3n) is 2.70. The molecule has 100 valence electrons. The van der Waals surface area contributed by atoms with Crippen molar-refractivity contribution >= 4 is 11.5 Å². The van der Waals surface area contributed by atoms with Crippen LogP contribution in [-0.2, 0) is 0 Å². The summed E-state index contributed by atoms with van der Waals surface area (Å²) in [5, 5.41) is 0. The lowest BCUT2D eigenvalue weighted by Gasteiger charge is -2.25. The maximum Gasteiger partial charge on any atom is 0.405 e. The molecule has 1 aliphatic carbocycles. The zero-order chi connectivity index (χ0) is 13.3. The van der Waals surface area contributed by atoms with E-state index in [2.05, 4.69) is 4.98 Å². The van der Waals surface area contributed by atoms with Crippen LogP contribution < -0.4 is 15.4 Å². The molecule has 0 bridgehead atoms. The van der Waals surface area contributed by atoms with E-state index in [0.29, 0.717) is 5.69 Å². The van der Waals surface area contributed by atoms with E-state index in [1.807, 2.05) is 0 Å². The van der Waals surface area contributed by atoms with E-state index in [1.165, 1.54) is 24.1 Å². The number of alkyl halides is 3. The Balaban J connectivity index is 2.25. The van der Waals surface area contributed by atoms with Crippen LogP contribution >= 0.6 is 0 Å². The molecule has 0 aliphatic heterocycles. The number of rotatable bonds is 4. The fourth-order valence-electron chi connectivity index (χ4n) is 1.74. The molecule has 0 spiro atoms. The van der Waals surface area contributed by atoms with Gasteiger partial charge in [-0.1, -0.05) is 0 Å². The first-order valence-corrected chi connectivity index (χ1v) is 5.54. The highest BCUT2D eigenvalue weighted by molar-refractivity contribution is 5.55. The van der Waals surface area contributed by atoms with Crippen molar-refractivity contribution < 1.29 is 17.9 Å². The Morgan fingerprint density at radius 2 is 2.11 bits per heavy atom. The molecule has 0 atom stereocenters. The predicted octanol–water partition coefficient (Wildman–Crippen LogP) is 2.20. The largest absolute Gasteiger partial charge is 0.479 e. The monoisotopic (exact) mass is 261 g/mol. The summed E-state index contributed by atoms with van der Waals surface area (Å²) < 4.78 is 42.5. The Morgan fingerprint density at radius 1 is 1.44 bits per heavy atom. The van der Waals surface area contributed by atoms with Gasteiger partial charge in [0.2, 0.25) is 5.88 Å². The van der Waals surface area contributed by atoms with Gasteiger partial charge in [0.15, 0.2) is 0 Å². The van der Waals surface area contributed by atoms with Crippen LogP contribution in [0.3, 0.4) is 0 Å². The van der Waals surface area contributed by atoms with Crippen LogP contribution in [-0.4, -0.2) is 30.9 Å². The number of hydrogen-bond donors (Lipinski definition) is 1. The standard InChI is InChI=1S/C11H14F3N3O/c1-18-10-8(15)4-5-9(16-10)17(7-2-3-7)6-11(12,13)14/h4-5,7H,2-3,6,15H2,1H3. The lowest BCUT2D eigenvalue weighted by atomic mass is 10.3. The molecule has 0 amide bonds. The minimum absolute atomic E-state index is 0.0903. The van der Waals surface area contributed by atoms with Crippen LogP contribution in [0.5, 0.6) is 5.88 Å². The number of methoxy groups -OCH3 is 1. The number of pyridine rings is 1. The third-order valence-corrected chi connectivity index (χ3v) is 2.70. The molecule has 1 fully saturated rings. The van der Waals surface area contributed by atoms with Gasteiger partial charge in [0.25, 0.3) is 0 Å². The van der Waals surface area contributed by atoms with Gasteiger partial charge in [-0.15, -0.1) is 0 Å². The van der Waals surface area contributed by atoms with Crippen LogP contribution in [0, 0.1) is 0 Å². The van der Waals surface area contributed by atoms with Gasteiger partial charge in [0.1, 0.15) is 12.4 Å². The molecule has 2 N–H and O–H groups in total. The Kier molecular flexibility index (Phi) is 3.23. The lowest BCUT2D eigenvalue weighted by molar-refractivity contribution is -0.120. The Labute approximate surface area is 103 Å². The van der Waals surface area contributed by atoms with E-state index in [1.54, 1.807) is 0 Å². The first-order valence-electron chi connectivity index (χ1n) is 5.54. The molecule has 0 saturated heterocycles. The summed E-state index contributed by atoms with van der Waals surface area (Å²) in [7, 11) is 1.38. The van der Waals surface area contributed by atoms with Gasteiger partial charge >= 0.3 is 6.18 Å². The molecule has 0 radical (unpaired) electrons. The van der Waals surface area contributed by atoms with Crippen molar-refractivity contribution in [2.45, 2.75) is 25.1 Å². The molecule has 1 aliphatic rings. The molecule has 18 heavy (non-hydrogen) atoms. The Bertz CT molecular complexity index is 432. The molecule has 1 heterocycles. The van der Waals surface area contributed by atoms with Gasteiger partial charge in [-0.05, 0) is 25.0 Å². The summed E-state index contributed by atoms with van der Waals surface area (Å²) in [6.45, 7) is -1.00. The molecule has 2 rings (SSSR count). The minimum Gasteiger partial charge on any atom is -0.479 e. The number of ether oxygens (including phenoxy) is 1. The van der Waals surface area contributed by atoms with Gasteiger partial charge < -0.3 is 15.4 Å². The second kappa shape index (κ2) is 4.55. The molecular formula is C11H14F3N3O. The fourth-order valence-corrected chi connectivity index (χ4v) is 1.74. The highest BCUT2D eigenvalue weighted by atomic mass is 19.4. The van der Waals surface area contributed by atoms with Crippen molar-refractivity contribution in [1.82, 2.24) is 4.98 Å². The quantitative estimate of drug-likeness (QED) is 0.902. The van der Waals surface area contributed by atoms with E-state index >= 15 is 0 Å². The van der Waals surface area contributed by atoms with Gasteiger partial charge in [0, 0.05) is 6.04 Å². The maximum absolute atomic E-state index is 12.5. The molecular weight excluding hydrogens is 247 g/mol. The van der Waals surface area contributed by atoms with Crippen LogP contribution in [0.25, 0.3) is 0 Å². The van der Waals surface area contributed by atoms with Crippen molar-refractivity contribution in [3.63, 3.8) is 0 Å². The van der Waals surface area contributed by atoms with E-state index in [0.717, 1.165) is 12.8 Å². The van der Waals surface area contributed by atoms with Gasteiger partial charge in [-0.25, -0.2) is 0 Å². The summed E-state index contributed by atoms with van der Waals surface area (Å²) in [6.07, 6.45) is -2.74. The number of nitrogens with zero attached hydrogens (tertiary/aromatic N) is 2. The van der Waals surface area contributed by atoms with E-state index < -0.39 is 12.7 Å². The van der Waals surface area contributed by atoms with Crippen molar-refractivity contribution in [2.24, 2.45) is 0 Å². The first-order chi connectivity index (χ1) is 8.40. The average molecular weight is 261 g/mol. The average Bonchev–Trinajstić information content (AvgIpc) is 3.09. The summed E-state index contributed by atoms with van der Waals surface area (Å²) in [5.74, 6) is 0.404. The smallest absolute Gasteiger partial charge is 0.405 e. The Hall–Kier alpha value is -1.66.